The zero-order chi connectivity index (χ0) is 12.3. The van der Waals surface area contributed by atoms with E-state index in [-0.39, 0.29) is 6.04 Å². The molecule has 0 saturated carbocycles. The smallest absolute Gasteiger partial charge is 0.0453 e. The molecular formula is C14H17ClN2. The summed E-state index contributed by atoms with van der Waals surface area (Å²) in [6, 6.07) is 10.3. The number of aryl methyl sites for hydroxylation is 1. The summed E-state index contributed by atoms with van der Waals surface area (Å²) >= 11 is 6.16. The van der Waals surface area contributed by atoms with Gasteiger partial charge in [-0.3, -0.25) is 0 Å². The van der Waals surface area contributed by atoms with E-state index in [0.29, 0.717) is 0 Å². The number of hydrogen-bond acceptors (Lipinski definition) is 1. The van der Waals surface area contributed by atoms with E-state index in [1.807, 2.05) is 25.2 Å². The highest BCUT2D eigenvalue weighted by Crippen LogP contribution is 2.22. The highest BCUT2D eigenvalue weighted by molar-refractivity contribution is 6.31. The van der Waals surface area contributed by atoms with E-state index in [0.717, 1.165) is 17.1 Å². The Hall–Kier alpha value is -1.25. The quantitative estimate of drug-likeness (QED) is 0.876. The van der Waals surface area contributed by atoms with E-state index in [4.69, 9.17) is 11.6 Å². The molecule has 0 aliphatic heterocycles. The normalized spacial score (nSPS) is 12.6. The van der Waals surface area contributed by atoms with Crippen molar-refractivity contribution in [3.8, 4) is 0 Å². The van der Waals surface area contributed by atoms with Crippen LogP contribution in [0.25, 0.3) is 0 Å². The molecule has 3 heteroatoms. The Morgan fingerprint density at radius 3 is 2.71 bits per heavy atom. The van der Waals surface area contributed by atoms with E-state index in [9.17, 15) is 0 Å². The van der Waals surface area contributed by atoms with Gasteiger partial charge in [0, 0.05) is 37.1 Å². The van der Waals surface area contributed by atoms with E-state index in [1.54, 1.807) is 0 Å². The number of nitrogens with one attached hydrogen (secondary N) is 1. The second-order valence-corrected chi connectivity index (χ2v) is 4.72. The zero-order valence-electron chi connectivity index (χ0n) is 10.2. The molecule has 0 fully saturated rings. The SMILES string of the molecule is C[C@@H](NCc1ccn(C)c1)c1ccccc1Cl. The van der Waals surface area contributed by atoms with Crippen molar-refractivity contribution in [1.82, 2.24) is 9.88 Å². The lowest BCUT2D eigenvalue weighted by atomic mass is 10.1. The van der Waals surface area contributed by atoms with Crippen LogP contribution in [0.4, 0.5) is 0 Å². The minimum absolute atomic E-state index is 0.254. The van der Waals surface area contributed by atoms with Crippen molar-refractivity contribution in [2.45, 2.75) is 19.5 Å². The van der Waals surface area contributed by atoms with Crippen molar-refractivity contribution >= 4 is 11.6 Å². The zero-order valence-corrected chi connectivity index (χ0v) is 10.9. The van der Waals surface area contributed by atoms with Crippen LogP contribution in [0.2, 0.25) is 5.02 Å². The van der Waals surface area contributed by atoms with Crippen molar-refractivity contribution in [3.05, 3.63) is 58.9 Å². The molecule has 2 nitrogen and oxygen atoms in total. The molecule has 0 amide bonds. The van der Waals surface area contributed by atoms with Crippen LogP contribution in [0.5, 0.6) is 0 Å². The number of rotatable bonds is 4. The average molecular weight is 249 g/mol. The second-order valence-electron chi connectivity index (χ2n) is 4.31. The van der Waals surface area contributed by atoms with Crippen molar-refractivity contribution in [3.63, 3.8) is 0 Å². The van der Waals surface area contributed by atoms with Gasteiger partial charge in [-0.15, -0.1) is 0 Å². The molecule has 0 bridgehead atoms. The highest BCUT2D eigenvalue weighted by Gasteiger charge is 2.08. The number of aromatic nitrogens is 1. The predicted octanol–water partition coefficient (Wildman–Crippen LogP) is 3.53. The first-order valence-electron chi connectivity index (χ1n) is 5.75. The summed E-state index contributed by atoms with van der Waals surface area (Å²) in [5, 5.41) is 4.29. The Labute approximate surface area is 107 Å². The van der Waals surface area contributed by atoms with Gasteiger partial charge in [0.25, 0.3) is 0 Å². The molecule has 17 heavy (non-hydrogen) atoms. The molecule has 1 atom stereocenters. The lowest BCUT2D eigenvalue weighted by Gasteiger charge is -2.15. The molecule has 2 aromatic rings. The van der Waals surface area contributed by atoms with E-state index in [2.05, 4.69) is 41.3 Å². The van der Waals surface area contributed by atoms with Gasteiger partial charge in [0.2, 0.25) is 0 Å². The van der Waals surface area contributed by atoms with Crippen LogP contribution < -0.4 is 5.32 Å². The fraction of sp³-hybridized carbons (Fsp3) is 0.286. The maximum Gasteiger partial charge on any atom is 0.0453 e. The monoisotopic (exact) mass is 248 g/mol. The summed E-state index contributed by atoms with van der Waals surface area (Å²) in [5.74, 6) is 0. The van der Waals surface area contributed by atoms with Crippen LogP contribution in [0.3, 0.4) is 0 Å². The Balaban J connectivity index is 1.98. The van der Waals surface area contributed by atoms with Crippen LogP contribution in [-0.4, -0.2) is 4.57 Å². The first kappa shape index (κ1) is 12.2. The minimum Gasteiger partial charge on any atom is -0.357 e. The van der Waals surface area contributed by atoms with Crippen molar-refractivity contribution in [2.24, 2.45) is 7.05 Å². The van der Waals surface area contributed by atoms with Gasteiger partial charge >= 0.3 is 0 Å². The molecule has 0 aliphatic carbocycles. The third-order valence-electron chi connectivity index (χ3n) is 2.88. The van der Waals surface area contributed by atoms with Gasteiger partial charge in [0.15, 0.2) is 0 Å². The standard InChI is InChI=1S/C14H17ClN2/c1-11(13-5-3-4-6-14(13)15)16-9-12-7-8-17(2)10-12/h3-8,10-11,16H,9H2,1-2H3/t11-/m1/s1. The lowest BCUT2D eigenvalue weighted by Crippen LogP contribution is -2.18. The topological polar surface area (TPSA) is 17.0 Å². The maximum absolute atomic E-state index is 6.16. The lowest BCUT2D eigenvalue weighted by molar-refractivity contribution is 0.574. The largest absolute Gasteiger partial charge is 0.357 e. The summed E-state index contributed by atoms with van der Waals surface area (Å²) < 4.78 is 2.05. The van der Waals surface area contributed by atoms with Gasteiger partial charge in [-0.1, -0.05) is 29.8 Å². The Bertz CT molecular complexity index is 490. The van der Waals surface area contributed by atoms with Crippen LogP contribution in [0.15, 0.2) is 42.7 Å². The minimum atomic E-state index is 0.254. The molecule has 0 aliphatic rings. The van der Waals surface area contributed by atoms with Gasteiger partial charge in [0.05, 0.1) is 0 Å². The van der Waals surface area contributed by atoms with Crippen LogP contribution >= 0.6 is 11.6 Å². The molecule has 0 spiro atoms. The van der Waals surface area contributed by atoms with Crippen LogP contribution in [-0.2, 0) is 13.6 Å². The highest BCUT2D eigenvalue weighted by atomic mass is 35.5. The van der Waals surface area contributed by atoms with E-state index < -0.39 is 0 Å². The van der Waals surface area contributed by atoms with Gasteiger partial charge < -0.3 is 9.88 Å². The number of benzene rings is 1. The molecule has 0 radical (unpaired) electrons. The summed E-state index contributed by atoms with van der Waals surface area (Å²) in [6.45, 7) is 2.98. The average Bonchev–Trinajstić information content (AvgIpc) is 2.73. The molecule has 1 aromatic carbocycles. The fourth-order valence-electron chi connectivity index (χ4n) is 1.87. The third kappa shape index (κ3) is 3.11. The molecular weight excluding hydrogens is 232 g/mol. The van der Waals surface area contributed by atoms with Crippen molar-refractivity contribution in [2.75, 3.05) is 0 Å². The Morgan fingerprint density at radius 2 is 2.06 bits per heavy atom. The van der Waals surface area contributed by atoms with Crippen molar-refractivity contribution in [1.29, 1.82) is 0 Å². The van der Waals surface area contributed by atoms with E-state index in [1.165, 1.54) is 5.56 Å². The van der Waals surface area contributed by atoms with Crippen LogP contribution in [0, 0.1) is 0 Å². The fourth-order valence-corrected chi connectivity index (χ4v) is 2.17. The predicted molar refractivity (Wildman–Crippen MR) is 72.1 cm³/mol. The van der Waals surface area contributed by atoms with Gasteiger partial charge in [-0.2, -0.15) is 0 Å². The number of halogens is 1. The molecule has 0 saturated heterocycles. The summed E-state index contributed by atoms with van der Waals surface area (Å²) in [4.78, 5) is 0. The number of nitrogens with zero attached hydrogens (tertiary/aromatic N) is 1. The summed E-state index contributed by atoms with van der Waals surface area (Å²) in [7, 11) is 2.03. The number of hydrogen-bond donors (Lipinski definition) is 1. The first-order valence-corrected chi connectivity index (χ1v) is 6.13. The Morgan fingerprint density at radius 1 is 1.29 bits per heavy atom. The van der Waals surface area contributed by atoms with Gasteiger partial charge in [-0.05, 0) is 30.2 Å². The molecule has 90 valence electrons. The van der Waals surface area contributed by atoms with Crippen molar-refractivity contribution < 1.29 is 0 Å². The molecule has 2 rings (SSSR count). The Kier molecular flexibility index (Phi) is 3.87. The maximum atomic E-state index is 6.16. The van der Waals surface area contributed by atoms with Gasteiger partial charge in [0.1, 0.15) is 0 Å². The molecule has 0 unspecified atom stereocenters. The third-order valence-corrected chi connectivity index (χ3v) is 3.22. The molecule has 1 heterocycles. The summed E-state index contributed by atoms with van der Waals surface area (Å²) in [6.07, 6.45) is 4.17. The van der Waals surface area contributed by atoms with Gasteiger partial charge in [-0.25, -0.2) is 0 Å². The first-order chi connectivity index (χ1) is 8.16. The second kappa shape index (κ2) is 5.39. The summed E-state index contributed by atoms with van der Waals surface area (Å²) in [5.41, 5.74) is 2.43. The van der Waals surface area contributed by atoms with E-state index >= 15 is 0 Å². The van der Waals surface area contributed by atoms with Crippen LogP contribution in [0.1, 0.15) is 24.1 Å². The molecule has 1 aromatic heterocycles. The molecule has 1 N–H and O–H groups in total.